The van der Waals surface area contributed by atoms with Gasteiger partial charge in [-0.3, -0.25) is 14.5 Å². The van der Waals surface area contributed by atoms with E-state index in [-0.39, 0.29) is 10.7 Å². The third-order valence-electron chi connectivity index (χ3n) is 8.14. The fraction of sp³-hybridized carbons (Fsp3) is 0.162. The summed E-state index contributed by atoms with van der Waals surface area (Å²) in [5, 5.41) is 23.4. The second kappa shape index (κ2) is 13.8. The first-order chi connectivity index (χ1) is 23.8. The summed E-state index contributed by atoms with van der Waals surface area (Å²) in [6.45, 7) is 3.87. The summed E-state index contributed by atoms with van der Waals surface area (Å²) in [4.78, 5) is 34.1. The summed E-state index contributed by atoms with van der Waals surface area (Å²) in [6, 6.07) is 28.4. The lowest BCUT2D eigenvalue weighted by molar-refractivity contribution is -0.117. The Hall–Kier alpha value is -5.04. The van der Waals surface area contributed by atoms with E-state index in [1.165, 1.54) is 46.4 Å². The number of rotatable bonds is 11. The van der Waals surface area contributed by atoms with Crippen LogP contribution in [0, 0.1) is 13.8 Å². The lowest BCUT2D eigenvalue weighted by atomic mass is 9.95. The average Bonchev–Trinajstić information content (AvgIpc) is 3.81. The first kappa shape index (κ1) is 32.5. The SMILES string of the molecule is COc1cc(C2C(C(=O)c3sc(C)nc3C)=C(O)C(=O)N2c2nnc(SCc3cccc4ccccc34)s2)ccc1OCc1ccccc1. The van der Waals surface area contributed by atoms with E-state index in [4.69, 9.17) is 9.47 Å². The number of thioether (sulfide) groups is 1. The molecule has 2 aromatic heterocycles. The Kier molecular flexibility index (Phi) is 9.17. The van der Waals surface area contributed by atoms with E-state index in [2.05, 4.69) is 39.4 Å². The number of ether oxygens (including phenoxy) is 2. The molecule has 0 saturated heterocycles. The zero-order valence-electron chi connectivity index (χ0n) is 26.7. The van der Waals surface area contributed by atoms with Gasteiger partial charge >= 0.3 is 0 Å². The number of methoxy groups -OCH3 is 1. The van der Waals surface area contributed by atoms with Crippen molar-refractivity contribution in [3.8, 4) is 11.5 Å². The molecule has 1 unspecified atom stereocenters. The molecular weight excluding hydrogens is 677 g/mol. The second-order valence-electron chi connectivity index (χ2n) is 11.3. The zero-order valence-corrected chi connectivity index (χ0v) is 29.2. The number of thiazole rings is 1. The number of fused-ring (bicyclic) bond motifs is 1. The maximum absolute atomic E-state index is 14.1. The largest absolute Gasteiger partial charge is 0.503 e. The van der Waals surface area contributed by atoms with Crippen LogP contribution in [0.1, 0.15) is 43.1 Å². The van der Waals surface area contributed by atoms with Gasteiger partial charge in [0.25, 0.3) is 5.91 Å². The molecule has 49 heavy (non-hydrogen) atoms. The Morgan fingerprint density at radius 3 is 2.49 bits per heavy atom. The number of benzene rings is 4. The Morgan fingerprint density at radius 2 is 1.71 bits per heavy atom. The second-order valence-corrected chi connectivity index (χ2v) is 14.7. The summed E-state index contributed by atoms with van der Waals surface area (Å²) in [5.74, 6) is -0.302. The van der Waals surface area contributed by atoms with Gasteiger partial charge in [0.15, 0.2) is 21.6 Å². The van der Waals surface area contributed by atoms with Gasteiger partial charge in [0.05, 0.1) is 34.3 Å². The maximum atomic E-state index is 14.1. The van der Waals surface area contributed by atoms with Gasteiger partial charge in [-0.1, -0.05) is 102 Å². The first-order valence-electron chi connectivity index (χ1n) is 15.4. The molecule has 0 spiro atoms. The van der Waals surface area contributed by atoms with E-state index in [1.54, 1.807) is 25.1 Å². The molecule has 6 aromatic rings. The molecule has 1 N–H and O–H groups in total. The maximum Gasteiger partial charge on any atom is 0.296 e. The zero-order chi connectivity index (χ0) is 34.1. The van der Waals surface area contributed by atoms with Crippen LogP contribution in [0.25, 0.3) is 10.8 Å². The number of carbonyl (C=O) groups is 2. The first-order valence-corrected chi connectivity index (χ1v) is 18.0. The molecule has 1 atom stereocenters. The number of aromatic nitrogens is 3. The van der Waals surface area contributed by atoms with E-state index in [0.717, 1.165) is 21.9 Å². The molecule has 12 heteroatoms. The average molecular weight is 707 g/mol. The number of amides is 1. The van der Waals surface area contributed by atoms with Crippen molar-refractivity contribution in [1.29, 1.82) is 0 Å². The van der Waals surface area contributed by atoms with E-state index < -0.39 is 23.5 Å². The number of hydrogen-bond acceptors (Lipinski definition) is 11. The molecule has 3 heterocycles. The van der Waals surface area contributed by atoms with Crippen LogP contribution in [0.15, 0.2) is 107 Å². The molecule has 0 radical (unpaired) electrons. The number of Topliss-reactive ketones (excluding diaryl/α,β-unsaturated/α-hetero) is 1. The minimum absolute atomic E-state index is 0.0584. The van der Waals surface area contributed by atoms with Gasteiger partial charge in [-0.25, -0.2) is 4.98 Å². The topological polar surface area (TPSA) is 115 Å². The van der Waals surface area contributed by atoms with Gasteiger partial charge in [-0.2, -0.15) is 0 Å². The molecule has 0 fully saturated rings. The normalized spacial score (nSPS) is 14.6. The highest BCUT2D eigenvalue weighted by atomic mass is 32.2. The monoisotopic (exact) mass is 706 g/mol. The Balaban J connectivity index is 1.23. The molecular formula is C37H30N4O5S3. The van der Waals surface area contributed by atoms with Gasteiger partial charge in [-0.05, 0) is 53.4 Å². The van der Waals surface area contributed by atoms with Crippen LogP contribution in [-0.2, 0) is 17.2 Å². The lowest BCUT2D eigenvalue weighted by Gasteiger charge is -2.25. The summed E-state index contributed by atoms with van der Waals surface area (Å²) in [6.07, 6.45) is 0. The van der Waals surface area contributed by atoms with Crippen LogP contribution in [0.5, 0.6) is 11.5 Å². The molecule has 4 aromatic carbocycles. The van der Waals surface area contributed by atoms with Crippen LogP contribution in [-0.4, -0.2) is 39.1 Å². The highest BCUT2D eigenvalue weighted by Gasteiger charge is 2.47. The molecule has 0 bridgehead atoms. The van der Waals surface area contributed by atoms with Crippen LogP contribution in [0.2, 0.25) is 0 Å². The van der Waals surface area contributed by atoms with E-state index >= 15 is 0 Å². The van der Waals surface area contributed by atoms with E-state index in [9.17, 15) is 14.7 Å². The minimum atomic E-state index is -1.01. The highest BCUT2D eigenvalue weighted by Crippen LogP contribution is 2.46. The molecule has 9 nitrogen and oxygen atoms in total. The van der Waals surface area contributed by atoms with Gasteiger partial charge in [0.1, 0.15) is 6.61 Å². The van der Waals surface area contributed by atoms with Crippen molar-refractivity contribution in [3.63, 3.8) is 0 Å². The molecule has 0 aliphatic carbocycles. The molecule has 7 rings (SSSR count). The summed E-state index contributed by atoms with van der Waals surface area (Å²) in [5.41, 5.74) is 3.14. The van der Waals surface area contributed by atoms with Crippen LogP contribution in [0.4, 0.5) is 5.13 Å². The van der Waals surface area contributed by atoms with E-state index in [0.29, 0.717) is 49.3 Å². The van der Waals surface area contributed by atoms with Crippen LogP contribution in [0.3, 0.4) is 0 Å². The molecule has 246 valence electrons. The van der Waals surface area contributed by atoms with E-state index in [1.807, 2.05) is 55.5 Å². The van der Waals surface area contributed by atoms with Crippen molar-refractivity contribution in [2.24, 2.45) is 0 Å². The van der Waals surface area contributed by atoms with Crippen LogP contribution < -0.4 is 14.4 Å². The predicted molar refractivity (Wildman–Crippen MR) is 193 cm³/mol. The summed E-state index contributed by atoms with van der Waals surface area (Å²) < 4.78 is 12.4. The smallest absolute Gasteiger partial charge is 0.296 e. The fourth-order valence-corrected chi connectivity index (χ4v) is 8.58. The minimum Gasteiger partial charge on any atom is -0.503 e. The summed E-state index contributed by atoms with van der Waals surface area (Å²) >= 11 is 3.96. The summed E-state index contributed by atoms with van der Waals surface area (Å²) in [7, 11) is 1.53. The number of hydrogen-bond donors (Lipinski definition) is 1. The van der Waals surface area contributed by atoms with Crippen molar-refractivity contribution < 1.29 is 24.2 Å². The molecule has 0 saturated carbocycles. The van der Waals surface area contributed by atoms with Gasteiger partial charge in [0, 0.05) is 5.75 Å². The standard InChI is InChI=1S/C37H30N4O5S3/c1-21-34(48-22(2)38-21)32(42)30-31(25-16-17-28(29(18-25)45-3)46-19-23-10-5-4-6-11-23)41(35(44)33(30)43)36-39-40-37(49-36)47-20-26-14-9-13-24-12-7-8-15-27(24)26/h4-18,31,43H,19-20H2,1-3H3. The van der Waals surface area contributed by atoms with Gasteiger partial charge in [-0.15, -0.1) is 21.5 Å². The lowest BCUT2D eigenvalue weighted by Crippen LogP contribution is -2.31. The highest BCUT2D eigenvalue weighted by molar-refractivity contribution is 8.00. The van der Waals surface area contributed by atoms with Gasteiger partial charge in [0.2, 0.25) is 10.9 Å². The number of ketones is 1. The quantitative estimate of drug-likeness (QED) is 0.0806. The number of carbonyl (C=O) groups excluding carboxylic acids is 2. The Labute approximate surface area is 294 Å². The number of aliphatic hydroxyl groups excluding tert-OH is 1. The number of anilines is 1. The molecule has 1 amide bonds. The molecule has 1 aliphatic heterocycles. The third-order valence-corrected chi connectivity index (χ3v) is 11.3. The fourth-order valence-electron chi connectivity index (χ4n) is 5.84. The Morgan fingerprint density at radius 1 is 0.939 bits per heavy atom. The van der Waals surface area contributed by atoms with Crippen molar-refractivity contribution >= 4 is 62.0 Å². The number of aliphatic hydroxyl groups is 1. The Bertz CT molecular complexity index is 2220. The van der Waals surface area contributed by atoms with Crippen LogP contribution >= 0.6 is 34.4 Å². The third kappa shape index (κ3) is 6.42. The number of aryl methyl sites for hydroxylation is 2. The van der Waals surface area contributed by atoms with Gasteiger partial charge < -0.3 is 14.6 Å². The van der Waals surface area contributed by atoms with Crippen molar-refractivity contribution in [1.82, 2.24) is 15.2 Å². The van der Waals surface area contributed by atoms with Crippen molar-refractivity contribution in [2.45, 2.75) is 36.6 Å². The van der Waals surface area contributed by atoms with Crippen molar-refractivity contribution in [2.75, 3.05) is 12.0 Å². The van der Waals surface area contributed by atoms with Crippen molar-refractivity contribution in [3.05, 3.63) is 135 Å². The predicted octanol–water partition coefficient (Wildman–Crippen LogP) is 8.43. The molecule has 1 aliphatic rings. The number of nitrogens with zero attached hydrogens (tertiary/aromatic N) is 4.